The first-order valence-corrected chi connectivity index (χ1v) is 15.6. The first-order valence-electron chi connectivity index (χ1n) is 13.9. The summed E-state index contributed by atoms with van der Waals surface area (Å²) >= 11 is 0. The maximum absolute atomic E-state index is 13.8. The number of anilines is 1. The number of amides is 2. The van der Waals surface area contributed by atoms with Gasteiger partial charge in [0.1, 0.15) is 11.5 Å². The summed E-state index contributed by atoms with van der Waals surface area (Å²) in [4.78, 5) is 27.9. The molecule has 2 heterocycles. The number of hydrogen-bond acceptors (Lipinski definition) is 8. The van der Waals surface area contributed by atoms with E-state index in [2.05, 4.69) is 4.72 Å². The Hall–Kier alpha value is -4.77. The molecule has 43 heavy (non-hydrogen) atoms. The maximum Gasteiger partial charge on any atom is 0.262 e. The normalized spacial score (nSPS) is 13.7. The second-order valence-electron chi connectivity index (χ2n) is 10.1. The van der Waals surface area contributed by atoms with Gasteiger partial charge in [-0.3, -0.25) is 14.3 Å². The molecule has 222 valence electrons. The minimum absolute atomic E-state index is 0.108. The molecular formula is C32H30N2O8S. The zero-order chi connectivity index (χ0) is 30.1. The molecule has 4 aromatic rings. The highest BCUT2D eigenvalue weighted by Crippen LogP contribution is 2.46. The van der Waals surface area contributed by atoms with Crippen LogP contribution in [0.3, 0.4) is 0 Å². The minimum atomic E-state index is -3.97. The fourth-order valence-electron chi connectivity index (χ4n) is 5.45. The number of nitrogens with one attached hydrogen (secondary N) is 1. The van der Waals surface area contributed by atoms with Crippen LogP contribution in [0.4, 0.5) is 5.69 Å². The average Bonchev–Trinajstić information content (AvgIpc) is 3.59. The van der Waals surface area contributed by atoms with Crippen LogP contribution in [-0.2, 0) is 33.5 Å². The standard InChI is InChI=1S/C32H30N2O8S/c1-3-39-30-23-7-5-6-8-24(23)31(40-4-2)29-25(30)17-34(32(29)36)22-12-9-20(10-13-22)18-43(37,38)33-28(35)16-21-11-14-26-27(15-21)42-19-41-26/h5-15H,3-4,16-19H2,1-2H3,(H,33,35). The van der Waals surface area contributed by atoms with E-state index in [0.29, 0.717) is 58.6 Å². The lowest BCUT2D eigenvalue weighted by Crippen LogP contribution is -2.32. The summed E-state index contributed by atoms with van der Waals surface area (Å²) in [6.45, 7) is 5.00. The van der Waals surface area contributed by atoms with Crippen LogP contribution in [0.15, 0.2) is 66.7 Å². The van der Waals surface area contributed by atoms with Crippen molar-refractivity contribution < 1.29 is 37.0 Å². The number of hydrogen-bond donors (Lipinski definition) is 1. The molecule has 2 aliphatic heterocycles. The van der Waals surface area contributed by atoms with Crippen molar-refractivity contribution >= 4 is 38.3 Å². The molecule has 0 unspecified atom stereocenters. The molecule has 0 saturated heterocycles. The smallest absolute Gasteiger partial charge is 0.262 e. The van der Waals surface area contributed by atoms with Crippen molar-refractivity contribution in [2.45, 2.75) is 32.6 Å². The van der Waals surface area contributed by atoms with E-state index in [1.165, 1.54) is 0 Å². The van der Waals surface area contributed by atoms with Gasteiger partial charge in [0.2, 0.25) is 22.7 Å². The number of fused-ring (bicyclic) bond motifs is 3. The maximum atomic E-state index is 13.8. The molecule has 0 spiro atoms. The van der Waals surface area contributed by atoms with Crippen molar-refractivity contribution in [3.63, 3.8) is 0 Å². The van der Waals surface area contributed by atoms with Crippen molar-refractivity contribution in [3.05, 3.63) is 89.0 Å². The van der Waals surface area contributed by atoms with Gasteiger partial charge in [0, 0.05) is 22.0 Å². The molecule has 1 N–H and O–H groups in total. The number of nitrogens with zero attached hydrogens (tertiary/aromatic N) is 1. The lowest BCUT2D eigenvalue weighted by Gasteiger charge is -2.16. The Bertz CT molecular complexity index is 1840. The van der Waals surface area contributed by atoms with Crippen LogP contribution < -0.4 is 28.6 Å². The van der Waals surface area contributed by atoms with Crippen LogP contribution in [0.1, 0.15) is 40.9 Å². The molecule has 10 nitrogen and oxygen atoms in total. The molecule has 4 aromatic carbocycles. The van der Waals surface area contributed by atoms with E-state index in [1.807, 2.05) is 38.1 Å². The molecule has 6 rings (SSSR count). The molecular weight excluding hydrogens is 572 g/mol. The molecule has 0 aromatic heterocycles. The minimum Gasteiger partial charge on any atom is -0.493 e. The summed E-state index contributed by atoms with van der Waals surface area (Å²) < 4.78 is 50.3. The highest BCUT2D eigenvalue weighted by atomic mass is 32.2. The molecule has 0 atom stereocenters. The number of rotatable bonds is 10. The van der Waals surface area contributed by atoms with Crippen LogP contribution in [0, 0.1) is 0 Å². The molecule has 2 amide bonds. The zero-order valence-electron chi connectivity index (χ0n) is 23.7. The lowest BCUT2D eigenvalue weighted by molar-refractivity contribution is -0.118. The number of carbonyl (C=O) groups is 2. The molecule has 2 aliphatic rings. The summed E-state index contributed by atoms with van der Waals surface area (Å²) in [7, 11) is -3.97. The van der Waals surface area contributed by atoms with E-state index in [-0.39, 0.29) is 25.7 Å². The second kappa shape index (κ2) is 11.5. The Morgan fingerprint density at radius 2 is 1.53 bits per heavy atom. The van der Waals surface area contributed by atoms with Crippen LogP contribution in [0.5, 0.6) is 23.0 Å². The van der Waals surface area contributed by atoms with Crippen molar-refractivity contribution in [1.82, 2.24) is 4.72 Å². The molecule has 0 radical (unpaired) electrons. The third-order valence-corrected chi connectivity index (χ3v) is 8.50. The van der Waals surface area contributed by atoms with Gasteiger partial charge in [0.25, 0.3) is 5.91 Å². The fourth-order valence-corrected chi connectivity index (χ4v) is 6.58. The van der Waals surface area contributed by atoms with Crippen molar-refractivity contribution in [2.24, 2.45) is 0 Å². The van der Waals surface area contributed by atoms with Gasteiger partial charge in [-0.1, -0.05) is 42.5 Å². The Kier molecular flexibility index (Phi) is 7.57. The van der Waals surface area contributed by atoms with E-state index >= 15 is 0 Å². The summed E-state index contributed by atoms with van der Waals surface area (Å²) in [5.41, 5.74) is 2.90. The summed E-state index contributed by atoms with van der Waals surface area (Å²) in [6, 6.07) is 19.4. The predicted octanol–water partition coefficient (Wildman–Crippen LogP) is 4.72. The first-order chi connectivity index (χ1) is 20.8. The first kappa shape index (κ1) is 28.4. The zero-order valence-corrected chi connectivity index (χ0v) is 24.5. The fraction of sp³-hybridized carbons (Fsp3) is 0.250. The summed E-state index contributed by atoms with van der Waals surface area (Å²) in [5, 5.41) is 1.69. The molecule has 0 fully saturated rings. The van der Waals surface area contributed by atoms with E-state index < -0.39 is 21.7 Å². The molecule has 0 saturated carbocycles. The third-order valence-electron chi connectivity index (χ3n) is 7.25. The number of benzene rings is 4. The molecule has 0 aliphatic carbocycles. The van der Waals surface area contributed by atoms with Gasteiger partial charge in [-0.2, -0.15) is 0 Å². The van der Waals surface area contributed by atoms with E-state index in [1.54, 1.807) is 47.4 Å². The lowest BCUT2D eigenvalue weighted by atomic mass is 9.99. The van der Waals surface area contributed by atoms with Crippen molar-refractivity contribution in [1.29, 1.82) is 0 Å². The van der Waals surface area contributed by atoms with Crippen LogP contribution >= 0.6 is 0 Å². The molecule has 11 heteroatoms. The highest BCUT2D eigenvalue weighted by Gasteiger charge is 2.36. The van der Waals surface area contributed by atoms with Gasteiger partial charge in [-0.25, -0.2) is 8.42 Å². The van der Waals surface area contributed by atoms with Crippen LogP contribution in [-0.4, -0.2) is 40.2 Å². The topological polar surface area (TPSA) is 120 Å². The van der Waals surface area contributed by atoms with Gasteiger partial charge in [0.05, 0.1) is 37.5 Å². The number of sulfonamides is 1. The van der Waals surface area contributed by atoms with E-state index in [4.69, 9.17) is 18.9 Å². The summed E-state index contributed by atoms with van der Waals surface area (Å²) in [5.74, 6) is 1.01. The largest absolute Gasteiger partial charge is 0.493 e. The van der Waals surface area contributed by atoms with Gasteiger partial charge in [0.15, 0.2) is 11.5 Å². The Morgan fingerprint density at radius 1 is 0.884 bits per heavy atom. The summed E-state index contributed by atoms with van der Waals surface area (Å²) in [6.07, 6.45) is -0.130. The Labute approximate surface area is 249 Å². The monoisotopic (exact) mass is 602 g/mol. The Morgan fingerprint density at radius 3 is 2.26 bits per heavy atom. The highest BCUT2D eigenvalue weighted by molar-refractivity contribution is 7.89. The SMILES string of the molecule is CCOc1c2c(c(OCC)c3ccccc13)C(=O)N(c1ccc(CS(=O)(=O)NC(=O)Cc3ccc4c(c3)OCO4)cc1)C2. The van der Waals surface area contributed by atoms with E-state index in [9.17, 15) is 18.0 Å². The van der Waals surface area contributed by atoms with Crippen LogP contribution in [0.25, 0.3) is 10.8 Å². The van der Waals surface area contributed by atoms with Gasteiger partial charge >= 0.3 is 0 Å². The van der Waals surface area contributed by atoms with Crippen LogP contribution in [0.2, 0.25) is 0 Å². The quantitative estimate of drug-likeness (QED) is 0.277. The van der Waals surface area contributed by atoms with Gasteiger partial charge in [-0.15, -0.1) is 0 Å². The number of ether oxygens (including phenoxy) is 4. The van der Waals surface area contributed by atoms with Gasteiger partial charge < -0.3 is 23.8 Å². The van der Waals surface area contributed by atoms with Crippen molar-refractivity contribution in [2.75, 3.05) is 24.9 Å². The Balaban J connectivity index is 1.18. The average molecular weight is 603 g/mol. The second-order valence-corrected chi connectivity index (χ2v) is 11.9. The van der Waals surface area contributed by atoms with Gasteiger partial charge in [-0.05, 0) is 49.2 Å². The third kappa shape index (κ3) is 5.55. The molecule has 0 bridgehead atoms. The number of carbonyl (C=O) groups excluding carboxylic acids is 2. The predicted molar refractivity (Wildman–Crippen MR) is 160 cm³/mol. The van der Waals surface area contributed by atoms with Crippen molar-refractivity contribution in [3.8, 4) is 23.0 Å². The van der Waals surface area contributed by atoms with E-state index in [0.717, 1.165) is 16.3 Å².